The number of rotatable bonds is 6. The Hall–Kier alpha value is -0.670. The van der Waals surface area contributed by atoms with Crippen molar-refractivity contribution in [1.82, 2.24) is 9.55 Å². The molecule has 0 radical (unpaired) electrons. The second kappa shape index (κ2) is 6.67. The van der Waals surface area contributed by atoms with Crippen LogP contribution in [0.25, 0.3) is 11.0 Å². The lowest BCUT2D eigenvalue weighted by molar-refractivity contribution is 0.597. The fourth-order valence-corrected chi connectivity index (χ4v) is 3.32. The van der Waals surface area contributed by atoms with E-state index in [0.29, 0.717) is 11.9 Å². The van der Waals surface area contributed by atoms with Crippen molar-refractivity contribution in [3.63, 3.8) is 0 Å². The SMILES string of the molecule is CCSCC(C)n1c(CCCl)nc2c(C)cccc21. The van der Waals surface area contributed by atoms with Crippen molar-refractivity contribution >= 4 is 34.4 Å². The Morgan fingerprint density at radius 2 is 2.21 bits per heavy atom. The zero-order valence-electron chi connectivity index (χ0n) is 11.8. The third-order valence-corrected chi connectivity index (χ3v) is 4.63. The Labute approximate surface area is 124 Å². The number of para-hydroxylation sites is 1. The zero-order chi connectivity index (χ0) is 13.8. The maximum absolute atomic E-state index is 5.93. The van der Waals surface area contributed by atoms with Gasteiger partial charge in [0.1, 0.15) is 5.82 Å². The van der Waals surface area contributed by atoms with E-state index < -0.39 is 0 Å². The van der Waals surface area contributed by atoms with Crippen molar-refractivity contribution in [2.45, 2.75) is 33.2 Å². The van der Waals surface area contributed by atoms with E-state index in [1.807, 2.05) is 11.8 Å². The molecule has 1 unspecified atom stereocenters. The quantitative estimate of drug-likeness (QED) is 0.733. The molecule has 0 saturated heterocycles. The number of hydrogen-bond acceptors (Lipinski definition) is 2. The van der Waals surface area contributed by atoms with E-state index in [-0.39, 0.29) is 0 Å². The first-order chi connectivity index (χ1) is 9.19. The zero-order valence-corrected chi connectivity index (χ0v) is 13.4. The van der Waals surface area contributed by atoms with Crippen molar-refractivity contribution in [3.05, 3.63) is 29.6 Å². The predicted octanol–water partition coefficient (Wildman–Crippen LogP) is 4.44. The summed E-state index contributed by atoms with van der Waals surface area (Å²) in [5, 5.41) is 0. The van der Waals surface area contributed by atoms with Crippen LogP contribution in [0.2, 0.25) is 0 Å². The first kappa shape index (κ1) is 14.7. The van der Waals surface area contributed by atoms with Crippen LogP contribution in [0.1, 0.15) is 31.3 Å². The summed E-state index contributed by atoms with van der Waals surface area (Å²) in [6.45, 7) is 6.59. The van der Waals surface area contributed by atoms with Gasteiger partial charge in [-0.05, 0) is 31.2 Å². The molecule has 1 aromatic carbocycles. The lowest BCUT2D eigenvalue weighted by atomic mass is 10.2. The molecule has 0 fully saturated rings. The Bertz CT molecular complexity index is 550. The second-order valence-electron chi connectivity index (χ2n) is 4.79. The minimum atomic E-state index is 0.454. The van der Waals surface area contributed by atoms with E-state index in [1.165, 1.54) is 11.1 Å². The van der Waals surface area contributed by atoms with Gasteiger partial charge in [0.2, 0.25) is 0 Å². The number of benzene rings is 1. The summed E-state index contributed by atoms with van der Waals surface area (Å²) in [7, 11) is 0. The van der Waals surface area contributed by atoms with Crippen LogP contribution in [-0.4, -0.2) is 26.9 Å². The van der Waals surface area contributed by atoms with Crippen molar-refractivity contribution in [2.75, 3.05) is 17.4 Å². The van der Waals surface area contributed by atoms with Crippen LogP contribution in [-0.2, 0) is 6.42 Å². The highest BCUT2D eigenvalue weighted by Crippen LogP contribution is 2.26. The number of aryl methyl sites for hydroxylation is 2. The van der Waals surface area contributed by atoms with E-state index >= 15 is 0 Å². The third kappa shape index (κ3) is 3.09. The summed E-state index contributed by atoms with van der Waals surface area (Å²) in [4.78, 5) is 4.80. The third-order valence-electron chi connectivity index (χ3n) is 3.32. The van der Waals surface area contributed by atoms with Crippen LogP contribution in [0, 0.1) is 6.92 Å². The van der Waals surface area contributed by atoms with Gasteiger partial charge in [0, 0.05) is 24.1 Å². The van der Waals surface area contributed by atoms with Gasteiger partial charge in [-0.1, -0.05) is 19.1 Å². The van der Waals surface area contributed by atoms with Crippen molar-refractivity contribution < 1.29 is 0 Å². The molecule has 0 N–H and O–H groups in total. The summed E-state index contributed by atoms with van der Waals surface area (Å²) < 4.78 is 2.37. The van der Waals surface area contributed by atoms with Gasteiger partial charge in [-0.25, -0.2) is 4.98 Å². The molecule has 0 saturated carbocycles. The molecule has 0 spiro atoms. The fraction of sp³-hybridized carbons (Fsp3) is 0.533. The number of aromatic nitrogens is 2. The Morgan fingerprint density at radius 3 is 2.89 bits per heavy atom. The van der Waals surface area contributed by atoms with Crippen LogP contribution in [0.3, 0.4) is 0 Å². The van der Waals surface area contributed by atoms with E-state index in [1.54, 1.807) is 0 Å². The van der Waals surface area contributed by atoms with Crippen LogP contribution in [0.5, 0.6) is 0 Å². The first-order valence-corrected chi connectivity index (χ1v) is 8.48. The summed E-state index contributed by atoms with van der Waals surface area (Å²) in [5.41, 5.74) is 3.60. The van der Waals surface area contributed by atoms with Gasteiger partial charge in [-0.15, -0.1) is 11.6 Å². The van der Waals surface area contributed by atoms with E-state index in [0.717, 1.165) is 29.3 Å². The number of fused-ring (bicyclic) bond motifs is 1. The second-order valence-corrected chi connectivity index (χ2v) is 6.49. The number of alkyl halides is 1. The number of thioether (sulfide) groups is 1. The lowest BCUT2D eigenvalue weighted by Crippen LogP contribution is -2.12. The van der Waals surface area contributed by atoms with Gasteiger partial charge >= 0.3 is 0 Å². The van der Waals surface area contributed by atoms with E-state index in [4.69, 9.17) is 16.6 Å². The molecule has 1 atom stereocenters. The highest BCUT2D eigenvalue weighted by atomic mass is 35.5. The van der Waals surface area contributed by atoms with Crippen LogP contribution in [0.4, 0.5) is 0 Å². The molecule has 2 aromatic rings. The summed E-state index contributed by atoms with van der Waals surface area (Å²) >= 11 is 7.90. The molecular weight excluding hydrogens is 276 g/mol. The molecule has 0 bridgehead atoms. The van der Waals surface area contributed by atoms with Gasteiger partial charge in [0.15, 0.2) is 0 Å². The number of halogens is 1. The van der Waals surface area contributed by atoms with Gasteiger partial charge in [-0.3, -0.25) is 0 Å². The van der Waals surface area contributed by atoms with Crippen LogP contribution >= 0.6 is 23.4 Å². The summed E-state index contributed by atoms with van der Waals surface area (Å²) in [6.07, 6.45) is 0.830. The molecule has 0 aliphatic carbocycles. The van der Waals surface area contributed by atoms with Crippen LogP contribution in [0.15, 0.2) is 18.2 Å². The molecule has 0 amide bonds. The standard InChI is InChI=1S/C15H21ClN2S/c1-4-19-10-12(3)18-13-7-5-6-11(2)15(13)17-14(18)8-9-16/h5-7,12H,4,8-10H2,1-3H3. The Kier molecular flexibility index (Phi) is 5.17. The summed E-state index contributed by atoms with van der Waals surface area (Å²) in [6, 6.07) is 6.85. The molecule has 0 aliphatic rings. The molecule has 1 aromatic heterocycles. The molecule has 2 nitrogen and oxygen atoms in total. The highest BCUT2D eigenvalue weighted by molar-refractivity contribution is 7.99. The molecule has 0 aliphatic heterocycles. The molecule has 2 rings (SSSR count). The summed E-state index contributed by atoms with van der Waals surface area (Å²) in [5.74, 6) is 4.01. The molecule has 19 heavy (non-hydrogen) atoms. The smallest absolute Gasteiger partial charge is 0.111 e. The number of imidazole rings is 1. The Morgan fingerprint density at radius 1 is 1.42 bits per heavy atom. The van der Waals surface area contributed by atoms with Crippen LogP contribution < -0.4 is 0 Å². The lowest BCUT2D eigenvalue weighted by Gasteiger charge is -2.17. The maximum Gasteiger partial charge on any atom is 0.111 e. The normalized spacial score (nSPS) is 13.1. The van der Waals surface area contributed by atoms with Crippen molar-refractivity contribution in [2.24, 2.45) is 0 Å². The molecule has 104 valence electrons. The van der Waals surface area contributed by atoms with E-state index in [9.17, 15) is 0 Å². The van der Waals surface area contributed by atoms with Crippen molar-refractivity contribution in [3.8, 4) is 0 Å². The Balaban J connectivity index is 2.48. The number of hydrogen-bond donors (Lipinski definition) is 0. The minimum Gasteiger partial charge on any atom is -0.324 e. The highest BCUT2D eigenvalue weighted by Gasteiger charge is 2.16. The minimum absolute atomic E-state index is 0.454. The fourth-order valence-electron chi connectivity index (χ4n) is 2.42. The van der Waals surface area contributed by atoms with Gasteiger partial charge in [-0.2, -0.15) is 11.8 Å². The van der Waals surface area contributed by atoms with E-state index in [2.05, 4.69) is 43.5 Å². The average Bonchev–Trinajstić information content (AvgIpc) is 2.76. The topological polar surface area (TPSA) is 17.8 Å². The monoisotopic (exact) mass is 296 g/mol. The predicted molar refractivity (Wildman–Crippen MR) is 86.6 cm³/mol. The molecule has 1 heterocycles. The largest absolute Gasteiger partial charge is 0.324 e. The average molecular weight is 297 g/mol. The van der Waals surface area contributed by atoms with Gasteiger partial charge in [0.05, 0.1) is 11.0 Å². The maximum atomic E-state index is 5.93. The molecule has 4 heteroatoms. The van der Waals surface area contributed by atoms with Gasteiger partial charge < -0.3 is 4.57 Å². The van der Waals surface area contributed by atoms with Gasteiger partial charge in [0.25, 0.3) is 0 Å². The van der Waals surface area contributed by atoms with Crippen molar-refractivity contribution in [1.29, 1.82) is 0 Å². The number of nitrogens with zero attached hydrogens (tertiary/aromatic N) is 2. The molecular formula is C15H21ClN2S. The first-order valence-electron chi connectivity index (χ1n) is 6.79.